The summed E-state index contributed by atoms with van der Waals surface area (Å²) >= 11 is 6.35. The minimum absolute atomic E-state index is 0.237. The van der Waals surface area contributed by atoms with Crippen LogP contribution in [0.15, 0.2) is 66.7 Å². The molecule has 174 valence electrons. The molecule has 3 aromatic rings. The molecule has 34 heavy (non-hydrogen) atoms. The second kappa shape index (κ2) is 8.22. The number of rotatable bonds is 6. The third kappa shape index (κ3) is 3.32. The summed E-state index contributed by atoms with van der Waals surface area (Å²) in [7, 11) is 0. The number of halogens is 2. The largest absolute Gasteiger partial charge is 0.382 e. The maximum absolute atomic E-state index is 14.1. The molecule has 2 N–H and O–H groups in total. The van der Waals surface area contributed by atoms with Crippen molar-refractivity contribution in [1.29, 1.82) is 0 Å². The van der Waals surface area contributed by atoms with Crippen molar-refractivity contribution in [3.8, 4) is 0 Å². The number of aliphatic hydroxyl groups is 1. The number of hydrogen-bond acceptors (Lipinski definition) is 4. The van der Waals surface area contributed by atoms with Gasteiger partial charge < -0.3 is 10.4 Å². The Bertz CT molecular complexity index is 1290. The van der Waals surface area contributed by atoms with Crippen molar-refractivity contribution in [1.82, 2.24) is 0 Å². The zero-order valence-electron chi connectivity index (χ0n) is 18.6. The molecule has 0 fully saturated rings. The van der Waals surface area contributed by atoms with Gasteiger partial charge in [0.2, 0.25) is 0 Å². The Kier molecular flexibility index (Phi) is 5.46. The summed E-state index contributed by atoms with van der Waals surface area (Å²) in [6.45, 7) is 2.50. The second-order valence-corrected chi connectivity index (χ2v) is 9.39. The maximum atomic E-state index is 14.1. The molecule has 0 aromatic heterocycles. The van der Waals surface area contributed by atoms with E-state index in [1.165, 1.54) is 24.3 Å². The van der Waals surface area contributed by atoms with Gasteiger partial charge in [-0.05, 0) is 55.0 Å². The first-order chi connectivity index (χ1) is 16.3. The van der Waals surface area contributed by atoms with Gasteiger partial charge in [-0.15, -0.1) is 0 Å². The monoisotopic (exact) mass is 478 g/mol. The van der Waals surface area contributed by atoms with E-state index in [0.717, 1.165) is 17.7 Å². The first-order valence-electron chi connectivity index (χ1n) is 11.3. The number of ketones is 1. The predicted molar refractivity (Wildman–Crippen MR) is 130 cm³/mol. The van der Waals surface area contributed by atoms with E-state index < -0.39 is 35.1 Å². The van der Waals surface area contributed by atoms with E-state index in [-0.39, 0.29) is 5.56 Å². The maximum Gasteiger partial charge on any atom is 0.265 e. The first-order valence-corrected chi connectivity index (χ1v) is 11.7. The van der Waals surface area contributed by atoms with Gasteiger partial charge in [0.25, 0.3) is 5.91 Å². The number of fused-ring (bicyclic) bond motifs is 2. The Labute approximate surface area is 202 Å². The minimum atomic E-state index is -2.04. The lowest BCUT2D eigenvalue weighted by Gasteiger charge is -2.40. The van der Waals surface area contributed by atoms with Crippen molar-refractivity contribution < 1.29 is 19.1 Å². The van der Waals surface area contributed by atoms with Crippen LogP contribution in [0.3, 0.4) is 0 Å². The topological polar surface area (TPSA) is 69.6 Å². The Morgan fingerprint density at radius 3 is 2.59 bits per heavy atom. The van der Waals surface area contributed by atoms with Crippen LogP contribution in [0.25, 0.3) is 0 Å². The normalized spacial score (nSPS) is 22.9. The van der Waals surface area contributed by atoms with Gasteiger partial charge in [0.1, 0.15) is 5.82 Å². The molecule has 0 radical (unpaired) electrons. The second-order valence-electron chi connectivity index (χ2n) is 8.95. The van der Waals surface area contributed by atoms with Crippen LogP contribution in [-0.4, -0.2) is 23.3 Å². The standard InChI is InChI=1S/C27H24ClFN2O3/c1-2-13-26(16-30-22-12-9-18(28)14-21(22)26)31-23-6-4-3-5-20(23)27(34,25(31)33)15-24(32)17-7-10-19(29)11-8-17/h3-12,14,30,34H,2,13,15-16H2,1H3. The molecule has 0 bridgehead atoms. The van der Waals surface area contributed by atoms with Crippen molar-refractivity contribution >= 4 is 34.7 Å². The lowest BCUT2D eigenvalue weighted by Crippen LogP contribution is -2.53. The lowest BCUT2D eigenvalue weighted by atomic mass is 9.84. The van der Waals surface area contributed by atoms with Crippen LogP contribution in [0.2, 0.25) is 5.02 Å². The fourth-order valence-electron chi connectivity index (χ4n) is 5.33. The number of carbonyl (C=O) groups excluding carboxylic acids is 2. The van der Waals surface area contributed by atoms with E-state index in [1.54, 1.807) is 29.2 Å². The van der Waals surface area contributed by atoms with Gasteiger partial charge in [0.15, 0.2) is 11.4 Å². The lowest BCUT2D eigenvalue weighted by molar-refractivity contribution is -0.137. The number of para-hydroxylation sites is 1. The fraction of sp³-hybridized carbons (Fsp3) is 0.259. The molecular weight excluding hydrogens is 455 g/mol. The smallest absolute Gasteiger partial charge is 0.265 e. The molecule has 0 spiro atoms. The summed E-state index contributed by atoms with van der Waals surface area (Å²) in [4.78, 5) is 28.8. The quantitative estimate of drug-likeness (QED) is 0.465. The van der Waals surface area contributed by atoms with Crippen LogP contribution < -0.4 is 10.2 Å². The van der Waals surface area contributed by atoms with Gasteiger partial charge in [0.05, 0.1) is 17.6 Å². The summed E-state index contributed by atoms with van der Waals surface area (Å²) in [5.41, 5.74) is 0.170. The van der Waals surface area contributed by atoms with Gasteiger partial charge in [-0.1, -0.05) is 43.1 Å². The third-order valence-electron chi connectivity index (χ3n) is 6.88. The van der Waals surface area contributed by atoms with Gasteiger partial charge in [-0.25, -0.2) is 4.39 Å². The Morgan fingerprint density at radius 2 is 1.85 bits per heavy atom. The summed E-state index contributed by atoms with van der Waals surface area (Å²) in [5.74, 6) is -1.45. The molecule has 2 atom stereocenters. The number of nitrogens with zero attached hydrogens (tertiary/aromatic N) is 1. The summed E-state index contributed by atoms with van der Waals surface area (Å²) in [5, 5.41) is 15.7. The first kappa shape index (κ1) is 22.6. The average Bonchev–Trinajstić information content (AvgIpc) is 3.28. The molecule has 7 heteroatoms. The van der Waals surface area contributed by atoms with E-state index >= 15 is 0 Å². The Morgan fingerprint density at radius 1 is 1.12 bits per heavy atom. The summed E-state index contributed by atoms with van der Waals surface area (Å²) < 4.78 is 13.3. The van der Waals surface area contributed by atoms with E-state index in [0.29, 0.717) is 29.2 Å². The van der Waals surface area contributed by atoms with Gasteiger partial charge >= 0.3 is 0 Å². The molecule has 0 saturated carbocycles. The van der Waals surface area contributed by atoms with Crippen molar-refractivity contribution in [2.45, 2.75) is 37.3 Å². The van der Waals surface area contributed by atoms with Crippen LogP contribution in [0.5, 0.6) is 0 Å². The van der Waals surface area contributed by atoms with Crippen LogP contribution in [-0.2, 0) is 15.9 Å². The highest BCUT2D eigenvalue weighted by Gasteiger charge is 2.58. The van der Waals surface area contributed by atoms with E-state index in [4.69, 9.17) is 11.6 Å². The minimum Gasteiger partial charge on any atom is -0.382 e. The van der Waals surface area contributed by atoms with Gasteiger partial charge in [-0.2, -0.15) is 0 Å². The molecule has 2 aliphatic heterocycles. The Balaban J connectivity index is 1.62. The van der Waals surface area contributed by atoms with E-state index in [2.05, 4.69) is 5.32 Å². The highest BCUT2D eigenvalue weighted by atomic mass is 35.5. The highest BCUT2D eigenvalue weighted by molar-refractivity contribution is 6.30. The molecule has 3 aromatic carbocycles. The van der Waals surface area contributed by atoms with E-state index in [9.17, 15) is 19.1 Å². The molecule has 0 saturated heterocycles. The number of anilines is 2. The molecule has 1 amide bonds. The van der Waals surface area contributed by atoms with Crippen LogP contribution in [0, 0.1) is 5.82 Å². The number of Topliss-reactive ketones (excluding diaryl/α,β-unsaturated/α-hetero) is 1. The van der Waals surface area contributed by atoms with Gasteiger partial charge in [-0.3, -0.25) is 14.5 Å². The molecule has 0 aliphatic carbocycles. The van der Waals surface area contributed by atoms with Crippen molar-refractivity contribution in [2.75, 3.05) is 16.8 Å². The SMILES string of the molecule is CCCC1(N2C(=O)C(O)(CC(=O)c3ccc(F)cc3)c3ccccc32)CNc2ccc(Cl)cc21. The van der Waals surface area contributed by atoms with E-state index in [1.807, 2.05) is 25.1 Å². The molecule has 5 rings (SSSR count). The molecular formula is C27H24ClFN2O3. The molecule has 2 aliphatic rings. The number of carbonyl (C=O) groups is 2. The zero-order chi connectivity index (χ0) is 24.1. The predicted octanol–water partition coefficient (Wildman–Crippen LogP) is 5.41. The van der Waals surface area contributed by atoms with Crippen LogP contribution in [0.1, 0.15) is 47.7 Å². The zero-order valence-corrected chi connectivity index (χ0v) is 19.4. The molecule has 5 nitrogen and oxygen atoms in total. The van der Waals surface area contributed by atoms with Crippen LogP contribution >= 0.6 is 11.6 Å². The number of hydrogen-bond donors (Lipinski definition) is 2. The fourth-order valence-corrected chi connectivity index (χ4v) is 5.51. The van der Waals surface area contributed by atoms with Crippen molar-refractivity contribution in [3.05, 3.63) is 94.3 Å². The van der Waals surface area contributed by atoms with Crippen LogP contribution in [0.4, 0.5) is 15.8 Å². The van der Waals surface area contributed by atoms with Crippen molar-refractivity contribution in [3.63, 3.8) is 0 Å². The van der Waals surface area contributed by atoms with Crippen molar-refractivity contribution in [2.24, 2.45) is 0 Å². The Hall–Kier alpha value is -3.22. The average molecular weight is 479 g/mol. The van der Waals surface area contributed by atoms with Gasteiger partial charge in [0, 0.05) is 33.9 Å². The number of amides is 1. The summed E-state index contributed by atoms with van der Waals surface area (Å²) in [6.07, 6.45) is 0.977. The third-order valence-corrected chi connectivity index (χ3v) is 7.11. The highest BCUT2D eigenvalue weighted by Crippen LogP contribution is 2.53. The number of benzene rings is 3. The molecule has 2 heterocycles. The summed E-state index contributed by atoms with van der Waals surface area (Å²) in [6, 6.07) is 17.7. The number of nitrogens with one attached hydrogen (secondary N) is 1. The molecule has 2 unspecified atom stereocenters.